The lowest BCUT2D eigenvalue weighted by Crippen LogP contribution is -2.32. The minimum absolute atomic E-state index is 0.0128. The van der Waals surface area contributed by atoms with Crippen LogP contribution in [0.3, 0.4) is 0 Å². The van der Waals surface area contributed by atoms with Gasteiger partial charge in [-0.3, -0.25) is 0 Å². The van der Waals surface area contributed by atoms with Crippen LogP contribution in [0.15, 0.2) is 23.4 Å². The fourth-order valence-corrected chi connectivity index (χ4v) is 4.00. The average molecular weight is 375 g/mol. The molecule has 0 aromatic carbocycles. The Morgan fingerprint density at radius 2 is 2.08 bits per heavy atom. The van der Waals surface area contributed by atoms with Crippen LogP contribution in [-0.4, -0.2) is 47.9 Å². The van der Waals surface area contributed by atoms with E-state index in [2.05, 4.69) is 20.6 Å². The van der Waals surface area contributed by atoms with Gasteiger partial charge in [-0.15, -0.1) is 0 Å². The predicted molar refractivity (Wildman–Crippen MR) is 93.6 cm³/mol. The molecule has 0 aliphatic heterocycles. The molecule has 2 heterocycles. The lowest BCUT2D eigenvalue weighted by Gasteiger charge is -2.15. The largest absolute Gasteiger partial charge is 0.465 e. The van der Waals surface area contributed by atoms with E-state index in [-0.39, 0.29) is 22.8 Å². The summed E-state index contributed by atoms with van der Waals surface area (Å²) >= 11 is 0. The van der Waals surface area contributed by atoms with Crippen molar-refractivity contribution in [3.05, 3.63) is 24.0 Å². The molecule has 3 N–H and O–H groups in total. The highest BCUT2D eigenvalue weighted by molar-refractivity contribution is 7.90. The van der Waals surface area contributed by atoms with Gasteiger partial charge in [0.1, 0.15) is 17.6 Å². The van der Waals surface area contributed by atoms with Crippen molar-refractivity contribution in [2.24, 2.45) is 0 Å². The van der Waals surface area contributed by atoms with E-state index in [0.29, 0.717) is 23.0 Å². The van der Waals surface area contributed by atoms with Crippen LogP contribution in [0.5, 0.6) is 0 Å². The summed E-state index contributed by atoms with van der Waals surface area (Å²) in [6, 6.07) is 4.85. The maximum Gasteiger partial charge on any atom is 0.404 e. The number of aromatic nitrogens is 2. The summed E-state index contributed by atoms with van der Waals surface area (Å²) in [6.45, 7) is 0. The first kappa shape index (κ1) is 17.9. The smallest absolute Gasteiger partial charge is 0.404 e. The predicted octanol–water partition coefficient (Wildman–Crippen LogP) is 1.51. The summed E-state index contributed by atoms with van der Waals surface area (Å²) in [5.41, 5.74) is 0.0128. The SMILES string of the molecule is CS(=O)(=O)c1nc(C#N)cc2cnc(N[C@H]3CC[C@H](NC(=O)O)C3)cc12. The highest BCUT2D eigenvalue weighted by Gasteiger charge is 2.26. The monoisotopic (exact) mass is 375 g/mol. The molecule has 0 spiro atoms. The number of rotatable bonds is 4. The van der Waals surface area contributed by atoms with E-state index in [4.69, 9.17) is 10.4 Å². The molecule has 1 aliphatic rings. The molecule has 9 nitrogen and oxygen atoms in total. The molecule has 2 aromatic heterocycles. The maximum absolute atomic E-state index is 12.0. The molecule has 0 saturated heterocycles. The van der Waals surface area contributed by atoms with Gasteiger partial charge in [0.2, 0.25) is 0 Å². The summed E-state index contributed by atoms with van der Waals surface area (Å²) in [4.78, 5) is 18.9. The number of hydrogen-bond donors (Lipinski definition) is 3. The Morgan fingerprint density at radius 1 is 1.35 bits per heavy atom. The normalized spacial score (nSPS) is 19.8. The van der Waals surface area contributed by atoms with E-state index in [1.165, 1.54) is 12.3 Å². The van der Waals surface area contributed by atoms with Crippen LogP contribution >= 0.6 is 0 Å². The van der Waals surface area contributed by atoms with E-state index in [0.717, 1.165) is 19.1 Å². The van der Waals surface area contributed by atoms with E-state index in [1.807, 2.05) is 6.07 Å². The van der Waals surface area contributed by atoms with Crippen molar-refractivity contribution in [2.75, 3.05) is 11.6 Å². The molecule has 136 valence electrons. The zero-order valence-electron chi connectivity index (χ0n) is 13.9. The Kier molecular flexibility index (Phi) is 4.65. The quantitative estimate of drug-likeness (QED) is 0.729. The zero-order valence-corrected chi connectivity index (χ0v) is 14.7. The maximum atomic E-state index is 12.0. The highest BCUT2D eigenvalue weighted by Crippen LogP contribution is 2.27. The molecule has 0 bridgehead atoms. The van der Waals surface area contributed by atoms with Gasteiger partial charge in [0.25, 0.3) is 0 Å². The third-order valence-electron chi connectivity index (χ3n) is 4.26. The number of carboxylic acid groups (broad SMARTS) is 1. The summed E-state index contributed by atoms with van der Waals surface area (Å²) in [5, 5.41) is 24.2. The second-order valence-corrected chi connectivity index (χ2v) is 8.22. The van der Waals surface area contributed by atoms with Crippen molar-refractivity contribution in [3.63, 3.8) is 0 Å². The molecule has 0 radical (unpaired) electrons. The van der Waals surface area contributed by atoms with Gasteiger partial charge in [-0.1, -0.05) is 0 Å². The second kappa shape index (κ2) is 6.76. The Labute approximate surface area is 150 Å². The van der Waals surface area contributed by atoms with Crippen molar-refractivity contribution in [3.8, 4) is 6.07 Å². The van der Waals surface area contributed by atoms with Crippen LogP contribution in [0.2, 0.25) is 0 Å². The van der Waals surface area contributed by atoms with E-state index in [9.17, 15) is 13.2 Å². The van der Waals surface area contributed by atoms with Gasteiger partial charge in [-0.25, -0.2) is 23.2 Å². The Balaban J connectivity index is 1.90. The van der Waals surface area contributed by atoms with Gasteiger partial charge in [0, 0.05) is 35.3 Å². The van der Waals surface area contributed by atoms with Gasteiger partial charge >= 0.3 is 6.09 Å². The van der Waals surface area contributed by atoms with Crippen LogP contribution in [0.1, 0.15) is 25.0 Å². The highest BCUT2D eigenvalue weighted by atomic mass is 32.2. The van der Waals surface area contributed by atoms with Crippen LogP contribution in [0, 0.1) is 11.3 Å². The lowest BCUT2D eigenvalue weighted by molar-refractivity contribution is 0.190. The number of pyridine rings is 2. The molecule has 2 atom stereocenters. The standard InChI is InChI=1S/C16H17N5O4S/c1-26(24,25)15-13-6-14(18-8-9(13)4-12(7-17)20-15)19-10-2-3-11(5-10)21-16(22)23/h4,6,8,10-11,21H,2-3,5H2,1H3,(H,18,19)(H,22,23)/t10-,11-/m0/s1. The molecule has 10 heteroatoms. The number of sulfone groups is 1. The number of hydrogen-bond acceptors (Lipinski definition) is 7. The first-order valence-corrected chi connectivity index (χ1v) is 9.82. The molecule has 0 unspecified atom stereocenters. The summed E-state index contributed by atoms with van der Waals surface area (Å²) in [5.74, 6) is 0.481. The molecule has 1 aliphatic carbocycles. The number of nitrogens with one attached hydrogen (secondary N) is 2. The Bertz CT molecular complexity index is 1020. The number of amides is 1. The fraction of sp³-hybridized carbons (Fsp3) is 0.375. The molecule has 1 fully saturated rings. The molecule has 3 rings (SSSR count). The van der Waals surface area contributed by atoms with E-state index in [1.54, 1.807) is 6.07 Å². The van der Waals surface area contributed by atoms with Crippen LogP contribution in [-0.2, 0) is 9.84 Å². The number of anilines is 1. The van der Waals surface area contributed by atoms with Gasteiger partial charge < -0.3 is 15.7 Å². The van der Waals surface area contributed by atoms with Gasteiger partial charge in [0.05, 0.1) is 0 Å². The van der Waals surface area contributed by atoms with Crippen molar-refractivity contribution >= 4 is 32.5 Å². The topological polar surface area (TPSA) is 145 Å². The minimum Gasteiger partial charge on any atom is -0.465 e. The first-order valence-electron chi connectivity index (χ1n) is 7.93. The van der Waals surface area contributed by atoms with Crippen LogP contribution < -0.4 is 10.6 Å². The second-order valence-electron chi connectivity index (χ2n) is 6.29. The third kappa shape index (κ3) is 3.83. The van der Waals surface area contributed by atoms with Crippen LogP contribution in [0.4, 0.5) is 10.6 Å². The van der Waals surface area contributed by atoms with Gasteiger partial charge in [-0.2, -0.15) is 5.26 Å². The molecule has 26 heavy (non-hydrogen) atoms. The summed E-state index contributed by atoms with van der Waals surface area (Å²) < 4.78 is 24.1. The molecular formula is C16H17N5O4S. The minimum atomic E-state index is -3.62. The summed E-state index contributed by atoms with van der Waals surface area (Å²) in [6.07, 6.45) is 3.61. The van der Waals surface area contributed by atoms with Crippen molar-refractivity contribution < 1.29 is 18.3 Å². The van der Waals surface area contributed by atoms with E-state index >= 15 is 0 Å². The van der Waals surface area contributed by atoms with Gasteiger partial charge in [0.15, 0.2) is 14.9 Å². The van der Waals surface area contributed by atoms with Crippen molar-refractivity contribution in [1.29, 1.82) is 5.26 Å². The number of carbonyl (C=O) groups is 1. The molecular weight excluding hydrogens is 358 g/mol. The summed E-state index contributed by atoms with van der Waals surface area (Å²) in [7, 11) is -3.62. The lowest BCUT2D eigenvalue weighted by atomic mass is 10.2. The molecule has 1 amide bonds. The van der Waals surface area contributed by atoms with E-state index < -0.39 is 15.9 Å². The van der Waals surface area contributed by atoms with Crippen LogP contribution in [0.25, 0.3) is 10.8 Å². The number of fused-ring (bicyclic) bond motifs is 1. The Hall–Kier alpha value is -2.93. The van der Waals surface area contributed by atoms with Crippen molar-refractivity contribution in [2.45, 2.75) is 36.4 Å². The molecule has 2 aromatic rings. The first-order chi connectivity index (χ1) is 12.3. The fourth-order valence-electron chi connectivity index (χ4n) is 3.16. The average Bonchev–Trinajstić information content (AvgIpc) is 2.99. The number of nitrogens with zero attached hydrogens (tertiary/aromatic N) is 3. The zero-order chi connectivity index (χ0) is 18.9. The molecule has 1 saturated carbocycles. The van der Waals surface area contributed by atoms with Crippen molar-refractivity contribution in [1.82, 2.24) is 15.3 Å². The Morgan fingerprint density at radius 3 is 2.73 bits per heavy atom. The third-order valence-corrected chi connectivity index (χ3v) is 5.27. The number of nitriles is 1. The van der Waals surface area contributed by atoms with Gasteiger partial charge in [-0.05, 0) is 31.4 Å².